The van der Waals surface area contributed by atoms with Crippen LogP contribution in [-0.2, 0) is 4.79 Å². The van der Waals surface area contributed by atoms with Gasteiger partial charge in [-0.2, -0.15) is 0 Å². The van der Waals surface area contributed by atoms with Crippen LogP contribution in [0.5, 0.6) is 0 Å². The maximum atomic E-state index is 12.0. The molecule has 1 aliphatic rings. The van der Waals surface area contributed by atoms with Crippen LogP contribution < -0.4 is 11.1 Å². The number of hydrogen-bond donors (Lipinski definition) is 2. The van der Waals surface area contributed by atoms with Gasteiger partial charge in [0.15, 0.2) is 0 Å². The van der Waals surface area contributed by atoms with Crippen molar-refractivity contribution in [1.82, 2.24) is 4.90 Å². The zero-order valence-electron chi connectivity index (χ0n) is 11.7. The summed E-state index contributed by atoms with van der Waals surface area (Å²) in [6.07, 6.45) is 0.971. The number of carbonyl (C=O) groups excluding carboxylic acids is 1. The number of rotatable bonds is 3. The number of piperidine rings is 1. The standard InChI is InChI=1S/C15H23N3O/c1-11-3-5-13(6-4-11)17-15(19)10-18-8-7-14(16)12(2)9-18/h3-6,12,14H,7-10,16H2,1-2H3,(H,17,19). The van der Waals surface area contributed by atoms with Crippen LogP contribution in [0.15, 0.2) is 24.3 Å². The van der Waals surface area contributed by atoms with E-state index < -0.39 is 0 Å². The fourth-order valence-corrected chi connectivity index (χ4v) is 2.43. The van der Waals surface area contributed by atoms with Crippen LogP contribution in [0.25, 0.3) is 0 Å². The molecule has 1 fully saturated rings. The van der Waals surface area contributed by atoms with Crippen molar-refractivity contribution in [3.8, 4) is 0 Å². The molecule has 1 aromatic carbocycles. The predicted octanol–water partition coefficient (Wildman–Crippen LogP) is 1.60. The Morgan fingerprint density at radius 1 is 1.42 bits per heavy atom. The molecule has 4 nitrogen and oxygen atoms in total. The first-order valence-electron chi connectivity index (χ1n) is 6.89. The summed E-state index contributed by atoms with van der Waals surface area (Å²) in [6, 6.07) is 8.13. The van der Waals surface area contributed by atoms with Crippen LogP contribution in [0.1, 0.15) is 18.9 Å². The van der Waals surface area contributed by atoms with Crippen molar-refractivity contribution in [1.29, 1.82) is 0 Å². The molecule has 1 heterocycles. The van der Waals surface area contributed by atoms with Gasteiger partial charge in [0.25, 0.3) is 0 Å². The minimum absolute atomic E-state index is 0.0477. The minimum atomic E-state index is 0.0477. The van der Waals surface area contributed by atoms with Gasteiger partial charge in [-0.3, -0.25) is 9.69 Å². The van der Waals surface area contributed by atoms with Crippen LogP contribution in [-0.4, -0.2) is 36.5 Å². The molecule has 1 saturated heterocycles. The molecule has 0 aliphatic carbocycles. The topological polar surface area (TPSA) is 58.4 Å². The van der Waals surface area contributed by atoms with Crippen LogP contribution >= 0.6 is 0 Å². The fourth-order valence-electron chi connectivity index (χ4n) is 2.43. The monoisotopic (exact) mass is 261 g/mol. The van der Waals surface area contributed by atoms with Crippen molar-refractivity contribution in [2.24, 2.45) is 11.7 Å². The SMILES string of the molecule is Cc1ccc(NC(=O)CN2CCC(N)C(C)C2)cc1. The Morgan fingerprint density at radius 2 is 2.11 bits per heavy atom. The van der Waals surface area contributed by atoms with E-state index in [9.17, 15) is 4.79 Å². The molecule has 2 unspecified atom stereocenters. The molecule has 1 aromatic rings. The normalized spacial score (nSPS) is 24.2. The first-order chi connectivity index (χ1) is 9.04. The van der Waals surface area contributed by atoms with Gasteiger partial charge in [-0.1, -0.05) is 24.6 Å². The maximum absolute atomic E-state index is 12.0. The summed E-state index contributed by atoms with van der Waals surface area (Å²) in [5.74, 6) is 0.507. The Bertz CT molecular complexity index is 430. The third kappa shape index (κ3) is 4.04. The Labute approximate surface area is 115 Å². The number of carbonyl (C=O) groups is 1. The van der Waals surface area contributed by atoms with Gasteiger partial charge in [-0.25, -0.2) is 0 Å². The van der Waals surface area contributed by atoms with Gasteiger partial charge in [0.1, 0.15) is 0 Å². The summed E-state index contributed by atoms with van der Waals surface area (Å²) in [6.45, 7) is 6.44. The number of likely N-dealkylation sites (tertiary alicyclic amines) is 1. The van der Waals surface area contributed by atoms with Crippen molar-refractivity contribution in [2.75, 3.05) is 25.0 Å². The average molecular weight is 261 g/mol. The zero-order chi connectivity index (χ0) is 13.8. The molecule has 0 bridgehead atoms. The quantitative estimate of drug-likeness (QED) is 0.869. The van der Waals surface area contributed by atoms with E-state index in [0.29, 0.717) is 12.5 Å². The van der Waals surface area contributed by atoms with Gasteiger partial charge in [0.2, 0.25) is 5.91 Å². The molecule has 4 heteroatoms. The largest absolute Gasteiger partial charge is 0.327 e. The van der Waals surface area contributed by atoms with Crippen molar-refractivity contribution in [2.45, 2.75) is 26.3 Å². The number of hydrogen-bond acceptors (Lipinski definition) is 3. The zero-order valence-corrected chi connectivity index (χ0v) is 11.7. The van der Waals surface area contributed by atoms with Gasteiger partial charge in [-0.15, -0.1) is 0 Å². The number of anilines is 1. The summed E-state index contributed by atoms with van der Waals surface area (Å²) in [5, 5.41) is 2.93. The summed E-state index contributed by atoms with van der Waals surface area (Å²) in [5.41, 5.74) is 8.03. The Hall–Kier alpha value is -1.39. The lowest BCUT2D eigenvalue weighted by Gasteiger charge is -2.34. The number of nitrogens with zero attached hydrogens (tertiary/aromatic N) is 1. The van der Waals surface area contributed by atoms with E-state index in [2.05, 4.69) is 17.1 Å². The molecule has 2 atom stereocenters. The highest BCUT2D eigenvalue weighted by molar-refractivity contribution is 5.92. The van der Waals surface area contributed by atoms with Gasteiger partial charge < -0.3 is 11.1 Å². The molecule has 0 radical (unpaired) electrons. The lowest BCUT2D eigenvalue weighted by molar-refractivity contribution is -0.117. The van der Waals surface area contributed by atoms with E-state index >= 15 is 0 Å². The highest BCUT2D eigenvalue weighted by Gasteiger charge is 2.24. The van der Waals surface area contributed by atoms with E-state index in [1.54, 1.807) is 0 Å². The summed E-state index contributed by atoms with van der Waals surface area (Å²) >= 11 is 0. The second-order valence-corrected chi connectivity index (χ2v) is 5.58. The van der Waals surface area contributed by atoms with Gasteiger partial charge >= 0.3 is 0 Å². The third-order valence-corrected chi connectivity index (χ3v) is 3.76. The molecule has 0 saturated carbocycles. The molecule has 0 spiro atoms. The molecule has 19 heavy (non-hydrogen) atoms. The lowest BCUT2D eigenvalue weighted by Crippen LogP contribution is -2.48. The molecule has 1 amide bonds. The second kappa shape index (κ2) is 6.17. The summed E-state index contributed by atoms with van der Waals surface area (Å²) in [4.78, 5) is 14.1. The van der Waals surface area contributed by atoms with Crippen molar-refractivity contribution >= 4 is 11.6 Å². The maximum Gasteiger partial charge on any atom is 0.238 e. The van der Waals surface area contributed by atoms with E-state index in [1.165, 1.54) is 5.56 Å². The van der Waals surface area contributed by atoms with Crippen LogP contribution in [0.4, 0.5) is 5.69 Å². The highest BCUT2D eigenvalue weighted by atomic mass is 16.2. The number of nitrogens with one attached hydrogen (secondary N) is 1. The molecule has 1 aliphatic heterocycles. The van der Waals surface area contributed by atoms with Crippen molar-refractivity contribution in [3.63, 3.8) is 0 Å². The third-order valence-electron chi connectivity index (χ3n) is 3.76. The first-order valence-corrected chi connectivity index (χ1v) is 6.89. The van der Waals surface area contributed by atoms with Gasteiger partial charge in [0, 0.05) is 24.8 Å². The molecule has 0 aromatic heterocycles. The Morgan fingerprint density at radius 3 is 2.74 bits per heavy atom. The number of aryl methyl sites for hydroxylation is 1. The number of nitrogens with two attached hydrogens (primary N) is 1. The Kier molecular flexibility index (Phi) is 4.56. The molecule has 2 rings (SSSR count). The number of benzene rings is 1. The fraction of sp³-hybridized carbons (Fsp3) is 0.533. The van der Waals surface area contributed by atoms with Crippen molar-refractivity contribution in [3.05, 3.63) is 29.8 Å². The minimum Gasteiger partial charge on any atom is -0.327 e. The summed E-state index contributed by atoms with van der Waals surface area (Å²) < 4.78 is 0. The smallest absolute Gasteiger partial charge is 0.238 e. The molecule has 3 N–H and O–H groups in total. The van der Waals surface area contributed by atoms with Crippen molar-refractivity contribution < 1.29 is 4.79 Å². The molecule has 104 valence electrons. The average Bonchev–Trinajstić information content (AvgIpc) is 2.37. The summed E-state index contributed by atoms with van der Waals surface area (Å²) in [7, 11) is 0. The van der Waals surface area contributed by atoms with Crippen LogP contribution in [0.2, 0.25) is 0 Å². The van der Waals surface area contributed by atoms with E-state index in [-0.39, 0.29) is 11.9 Å². The van der Waals surface area contributed by atoms with Crippen LogP contribution in [0, 0.1) is 12.8 Å². The first kappa shape index (κ1) is 14.0. The number of amides is 1. The van der Waals surface area contributed by atoms with Gasteiger partial charge in [0.05, 0.1) is 6.54 Å². The molecular weight excluding hydrogens is 238 g/mol. The van der Waals surface area contributed by atoms with E-state index in [4.69, 9.17) is 5.73 Å². The van der Waals surface area contributed by atoms with Crippen LogP contribution in [0.3, 0.4) is 0 Å². The second-order valence-electron chi connectivity index (χ2n) is 5.58. The van der Waals surface area contributed by atoms with Gasteiger partial charge in [-0.05, 0) is 31.4 Å². The lowest BCUT2D eigenvalue weighted by atomic mass is 9.95. The van der Waals surface area contributed by atoms with E-state index in [1.807, 2.05) is 31.2 Å². The Balaban J connectivity index is 1.83. The highest BCUT2D eigenvalue weighted by Crippen LogP contribution is 2.15. The predicted molar refractivity (Wildman–Crippen MR) is 78.0 cm³/mol. The van der Waals surface area contributed by atoms with E-state index in [0.717, 1.165) is 25.2 Å². The molecular formula is C15H23N3O.